The molecule has 0 saturated heterocycles. The maximum atomic E-state index is 4.44. The van der Waals surface area contributed by atoms with Gasteiger partial charge in [-0.25, -0.2) is 0 Å². The molecule has 2 heterocycles. The zero-order valence-electron chi connectivity index (χ0n) is 12.0. The van der Waals surface area contributed by atoms with Crippen molar-refractivity contribution >= 4 is 10.9 Å². The van der Waals surface area contributed by atoms with Crippen LogP contribution in [-0.4, -0.2) is 21.7 Å². The Labute approximate surface area is 124 Å². The lowest BCUT2D eigenvalue weighted by molar-refractivity contribution is 0.596. The first-order valence-electron chi connectivity index (χ1n) is 7.23. The summed E-state index contributed by atoms with van der Waals surface area (Å²) in [5, 5.41) is 12.6. The van der Waals surface area contributed by atoms with Crippen LogP contribution in [0.1, 0.15) is 30.5 Å². The van der Waals surface area contributed by atoms with Crippen molar-refractivity contribution in [1.82, 2.24) is 20.5 Å². The summed E-state index contributed by atoms with van der Waals surface area (Å²) >= 11 is 0. The molecule has 1 unspecified atom stereocenters. The average Bonchev–Trinajstić information content (AvgIpc) is 2.56. The molecule has 1 N–H and O–H groups in total. The fourth-order valence-corrected chi connectivity index (χ4v) is 2.45. The summed E-state index contributed by atoms with van der Waals surface area (Å²) in [5.74, 6) is 0. The smallest absolute Gasteiger partial charge is 0.0705 e. The summed E-state index contributed by atoms with van der Waals surface area (Å²) in [6.07, 6.45) is 6.46. The molecule has 0 fully saturated rings. The second-order valence-electron chi connectivity index (χ2n) is 5.02. The molecular weight excluding hydrogens is 260 g/mol. The molecule has 1 atom stereocenters. The molecule has 21 heavy (non-hydrogen) atoms. The number of hydrogen-bond donors (Lipinski definition) is 1. The summed E-state index contributed by atoms with van der Waals surface area (Å²) in [7, 11) is 0. The molecule has 0 radical (unpaired) electrons. The van der Waals surface area contributed by atoms with E-state index in [1.165, 1.54) is 5.56 Å². The molecule has 1 aromatic carbocycles. The van der Waals surface area contributed by atoms with Gasteiger partial charge in [-0.05, 0) is 42.3 Å². The zero-order chi connectivity index (χ0) is 14.5. The Balaban J connectivity index is 2.01. The first kappa shape index (κ1) is 13.6. The number of hydrogen-bond acceptors (Lipinski definition) is 4. The lowest BCUT2D eigenvalue weighted by Gasteiger charge is -2.19. The predicted octanol–water partition coefficient (Wildman–Crippen LogP) is 3.11. The number of nitrogens with one attached hydrogen (secondary N) is 1. The van der Waals surface area contributed by atoms with E-state index in [1.54, 1.807) is 6.20 Å². The van der Waals surface area contributed by atoms with Crippen molar-refractivity contribution in [3.05, 3.63) is 66.1 Å². The minimum Gasteiger partial charge on any atom is -0.306 e. The van der Waals surface area contributed by atoms with Crippen LogP contribution in [0, 0.1) is 0 Å². The molecule has 4 heteroatoms. The van der Waals surface area contributed by atoms with Gasteiger partial charge in [0.25, 0.3) is 0 Å². The Hall–Kier alpha value is -2.33. The molecule has 2 aromatic heterocycles. The topological polar surface area (TPSA) is 50.7 Å². The number of fused-ring (bicyclic) bond motifs is 1. The van der Waals surface area contributed by atoms with Gasteiger partial charge in [0.15, 0.2) is 0 Å². The molecular formula is C17H18N4. The quantitative estimate of drug-likeness (QED) is 0.779. The van der Waals surface area contributed by atoms with Crippen molar-refractivity contribution in [2.24, 2.45) is 0 Å². The van der Waals surface area contributed by atoms with E-state index >= 15 is 0 Å². The molecule has 0 aliphatic heterocycles. The molecule has 0 aliphatic carbocycles. The van der Waals surface area contributed by atoms with E-state index < -0.39 is 0 Å². The van der Waals surface area contributed by atoms with Crippen LogP contribution in [0.15, 0.2) is 55.0 Å². The van der Waals surface area contributed by atoms with Gasteiger partial charge in [-0.15, -0.1) is 0 Å². The highest BCUT2D eigenvalue weighted by Gasteiger charge is 2.14. The first-order valence-corrected chi connectivity index (χ1v) is 7.23. The van der Waals surface area contributed by atoms with Crippen LogP contribution in [-0.2, 0) is 0 Å². The van der Waals surface area contributed by atoms with Crippen molar-refractivity contribution in [2.45, 2.75) is 19.4 Å². The summed E-state index contributed by atoms with van der Waals surface area (Å²) in [5.41, 5.74) is 3.33. The largest absolute Gasteiger partial charge is 0.306 e. The maximum absolute atomic E-state index is 4.44. The molecule has 0 saturated carbocycles. The predicted molar refractivity (Wildman–Crippen MR) is 83.9 cm³/mol. The highest BCUT2D eigenvalue weighted by Crippen LogP contribution is 2.24. The van der Waals surface area contributed by atoms with Crippen LogP contribution in [0.5, 0.6) is 0 Å². The van der Waals surface area contributed by atoms with Gasteiger partial charge in [0.05, 0.1) is 17.8 Å². The normalized spacial score (nSPS) is 12.4. The van der Waals surface area contributed by atoms with E-state index in [4.69, 9.17) is 0 Å². The second kappa shape index (κ2) is 6.41. The monoisotopic (exact) mass is 278 g/mol. The highest BCUT2D eigenvalue weighted by atomic mass is 15.1. The van der Waals surface area contributed by atoms with Crippen LogP contribution in [0.2, 0.25) is 0 Å². The maximum Gasteiger partial charge on any atom is 0.0705 e. The minimum atomic E-state index is 0.117. The molecule has 0 spiro atoms. The van der Waals surface area contributed by atoms with Gasteiger partial charge >= 0.3 is 0 Å². The van der Waals surface area contributed by atoms with Crippen LogP contribution >= 0.6 is 0 Å². The van der Waals surface area contributed by atoms with E-state index in [0.29, 0.717) is 0 Å². The Morgan fingerprint density at radius 2 is 2.00 bits per heavy atom. The highest BCUT2D eigenvalue weighted by molar-refractivity contribution is 5.79. The summed E-state index contributed by atoms with van der Waals surface area (Å²) in [6.45, 7) is 3.12. The van der Waals surface area contributed by atoms with Crippen LogP contribution < -0.4 is 5.32 Å². The number of rotatable bonds is 5. The van der Waals surface area contributed by atoms with E-state index in [-0.39, 0.29) is 6.04 Å². The number of aromatic nitrogens is 3. The van der Waals surface area contributed by atoms with Crippen molar-refractivity contribution in [3.8, 4) is 0 Å². The molecule has 0 amide bonds. The standard InChI is InChI=1S/C17H18N4/c1-2-8-19-17(15-7-10-20-21-12-15)14-6-5-13-4-3-9-18-16(13)11-14/h3-7,9-12,17,19H,2,8H2,1H3. The third kappa shape index (κ3) is 3.06. The lowest BCUT2D eigenvalue weighted by atomic mass is 9.99. The van der Waals surface area contributed by atoms with E-state index in [1.807, 2.05) is 24.5 Å². The van der Waals surface area contributed by atoms with E-state index in [0.717, 1.165) is 29.4 Å². The van der Waals surface area contributed by atoms with Gasteiger partial charge in [0, 0.05) is 17.8 Å². The Kier molecular flexibility index (Phi) is 4.17. The van der Waals surface area contributed by atoms with E-state index in [9.17, 15) is 0 Å². The number of pyridine rings is 1. The van der Waals surface area contributed by atoms with Gasteiger partial charge in [0.2, 0.25) is 0 Å². The van der Waals surface area contributed by atoms with Crippen molar-refractivity contribution in [3.63, 3.8) is 0 Å². The lowest BCUT2D eigenvalue weighted by Crippen LogP contribution is -2.23. The number of benzene rings is 1. The van der Waals surface area contributed by atoms with Gasteiger partial charge in [-0.3, -0.25) is 4.98 Å². The van der Waals surface area contributed by atoms with Crippen molar-refractivity contribution in [2.75, 3.05) is 6.54 Å². The molecule has 3 rings (SSSR count). The van der Waals surface area contributed by atoms with Gasteiger partial charge < -0.3 is 5.32 Å². The Morgan fingerprint density at radius 3 is 2.81 bits per heavy atom. The first-order chi connectivity index (χ1) is 10.4. The van der Waals surface area contributed by atoms with Crippen LogP contribution in [0.25, 0.3) is 10.9 Å². The summed E-state index contributed by atoms with van der Waals surface area (Å²) < 4.78 is 0. The third-order valence-corrected chi connectivity index (χ3v) is 3.50. The van der Waals surface area contributed by atoms with Crippen LogP contribution in [0.4, 0.5) is 0 Å². The Bertz CT molecular complexity index is 712. The van der Waals surface area contributed by atoms with Crippen molar-refractivity contribution < 1.29 is 0 Å². The second-order valence-corrected chi connectivity index (χ2v) is 5.02. The van der Waals surface area contributed by atoms with Crippen molar-refractivity contribution in [1.29, 1.82) is 0 Å². The molecule has 3 aromatic rings. The van der Waals surface area contributed by atoms with Gasteiger partial charge in [-0.1, -0.05) is 25.1 Å². The fourth-order valence-electron chi connectivity index (χ4n) is 2.45. The summed E-state index contributed by atoms with van der Waals surface area (Å²) in [4.78, 5) is 4.44. The molecule has 4 nitrogen and oxygen atoms in total. The molecule has 106 valence electrons. The zero-order valence-corrected chi connectivity index (χ0v) is 12.0. The SMILES string of the molecule is CCCNC(c1ccnnc1)c1ccc2cccnc2c1. The van der Waals surface area contributed by atoms with Gasteiger partial charge in [-0.2, -0.15) is 10.2 Å². The minimum absolute atomic E-state index is 0.117. The van der Waals surface area contributed by atoms with Crippen LogP contribution in [0.3, 0.4) is 0 Å². The molecule has 0 aliphatic rings. The number of nitrogens with zero attached hydrogens (tertiary/aromatic N) is 3. The summed E-state index contributed by atoms with van der Waals surface area (Å²) in [6, 6.07) is 12.6. The Morgan fingerprint density at radius 1 is 1.05 bits per heavy atom. The molecule has 0 bridgehead atoms. The van der Waals surface area contributed by atoms with E-state index in [2.05, 4.69) is 51.7 Å². The third-order valence-electron chi connectivity index (χ3n) is 3.50. The average molecular weight is 278 g/mol. The fraction of sp³-hybridized carbons (Fsp3) is 0.235. The van der Waals surface area contributed by atoms with Gasteiger partial charge in [0.1, 0.15) is 0 Å².